The number of nitrogens with two attached hydrogens (primary N) is 1. The minimum atomic E-state index is 0. The Morgan fingerprint density at radius 2 is 1.79 bits per heavy atom. The van der Waals surface area contributed by atoms with E-state index >= 15 is 0 Å². The number of rotatable bonds is 3. The van der Waals surface area contributed by atoms with E-state index in [0.717, 1.165) is 30.0 Å². The molecule has 1 aromatic carbocycles. The van der Waals surface area contributed by atoms with Crippen LogP contribution in [-0.2, 0) is 6.54 Å². The lowest BCUT2D eigenvalue weighted by Gasteiger charge is -2.20. The molecule has 130 valence electrons. The molecule has 2 heterocycles. The Morgan fingerprint density at radius 1 is 1.12 bits per heavy atom. The zero-order valence-corrected chi connectivity index (χ0v) is 16.5. The van der Waals surface area contributed by atoms with E-state index in [9.17, 15) is 0 Å². The van der Waals surface area contributed by atoms with Gasteiger partial charge in [0.05, 0.1) is 17.9 Å². The highest BCUT2D eigenvalue weighted by atomic mass is 127. The van der Waals surface area contributed by atoms with E-state index in [4.69, 9.17) is 5.73 Å². The van der Waals surface area contributed by atoms with E-state index in [1.807, 2.05) is 48.1 Å². The summed E-state index contributed by atoms with van der Waals surface area (Å²) in [6.45, 7) is 4.66. The lowest BCUT2D eigenvalue weighted by molar-refractivity contribution is 0.428. The number of hydrogen-bond acceptors (Lipinski definition) is 2. The topological polar surface area (TPSA) is 59.4 Å². The molecule has 0 amide bonds. The first-order chi connectivity index (χ1) is 11.2. The van der Waals surface area contributed by atoms with Crippen LogP contribution in [0.4, 0.5) is 0 Å². The Kier molecular flexibility index (Phi) is 7.08. The van der Waals surface area contributed by atoms with Gasteiger partial charge in [-0.3, -0.25) is 0 Å². The first-order valence-electron chi connectivity index (χ1n) is 8.39. The highest BCUT2D eigenvalue weighted by Gasteiger charge is 2.11. The van der Waals surface area contributed by atoms with Gasteiger partial charge in [-0.25, -0.2) is 9.67 Å². The molecule has 2 N–H and O–H groups in total. The molecule has 1 aromatic heterocycles. The second-order valence-electron chi connectivity index (χ2n) is 6.10. The zero-order valence-electron chi connectivity index (χ0n) is 14.2. The van der Waals surface area contributed by atoms with Gasteiger partial charge in [-0.05, 0) is 31.9 Å². The van der Waals surface area contributed by atoms with E-state index in [0.29, 0.717) is 12.5 Å². The normalized spacial score (nSPS) is 15.7. The number of guanidine groups is 1. The lowest BCUT2D eigenvalue weighted by atomic mass is 10.2. The highest BCUT2D eigenvalue weighted by molar-refractivity contribution is 14.0. The van der Waals surface area contributed by atoms with Crippen molar-refractivity contribution >= 4 is 29.9 Å². The summed E-state index contributed by atoms with van der Waals surface area (Å²) in [7, 11) is 0. The van der Waals surface area contributed by atoms with Gasteiger partial charge in [0, 0.05) is 24.8 Å². The Labute approximate surface area is 161 Å². The third-order valence-corrected chi connectivity index (χ3v) is 4.36. The number of aryl methyl sites for hydroxylation is 1. The lowest BCUT2D eigenvalue weighted by Crippen LogP contribution is -2.38. The molecule has 0 saturated carbocycles. The molecule has 3 rings (SSSR count). The summed E-state index contributed by atoms with van der Waals surface area (Å²) in [5.74, 6) is 0.666. The molecule has 2 aromatic rings. The van der Waals surface area contributed by atoms with Crippen molar-refractivity contribution in [1.82, 2.24) is 14.7 Å². The van der Waals surface area contributed by atoms with Crippen LogP contribution in [0, 0.1) is 6.92 Å². The third-order valence-electron chi connectivity index (χ3n) is 4.36. The fraction of sp³-hybridized carbons (Fsp3) is 0.444. The molecule has 1 saturated heterocycles. The number of halogens is 1. The van der Waals surface area contributed by atoms with E-state index in [1.165, 1.54) is 25.7 Å². The number of aromatic nitrogens is 2. The molecule has 0 radical (unpaired) electrons. The average Bonchev–Trinajstić information content (AvgIpc) is 2.78. The van der Waals surface area contributed by atoms with E-state index in [2.05, 4.69) is 15.0 Å². The minimum absolute atomic E-state index is 0. The van der Waals surface area contributed by atoms with Crippen molar-refractivity contribution in [2.24, 2.45) is 10.7 Å². The number of para-hydroxylation sites is 1. The van der Waals surface area contributed by atoms with Crippen LogP contribution in [0.2, 0.25) is 0 Å². The summed E-state index contributed by atoms with van der Waals surface area (Å²) >= 11 is 0. The Bertz CT molecular complexity index is 657. The first kappa shape index (κ1) is 18.8. The number of likely N-dealkylation sites (tertiary alicyclic amines) is 1. The van der Waals surface area contributed by atoms with Gasteiger partial charge in [0.2, 0.25) is 0 Å². The molecular weight excluding hydrogens is 413 g/mol. The van der Waals surface area contributed by atoms with Crippen molar-refractivity contribution < 1.29 is 0 Å². The summed E-state index contributed by atoms with van der Waals surface area (Å²) in [6.07, 6.45) is 7.06. The molecule has 0 bridgehead atoms. The molecule has 0 spiro atoms. The second-order valence-corrected chi connectivity index (χ2v) is 6.10. The van der Waals surface area contributed by atoms with E-state index in [1.54, 1.807) is 0 Å². The van der Waals surface area contributed by atoms with Gasteiger partial charge in [0.1, 0.15) is 0 Å². The molecule has 0 unspecified atom stereocenters. The number of aliphatic imine (C=N–C) groups is 1. The Balaban J connectivity index is 0.00000208. The van der Waals surface area contributed by atoms with Crippen LogP contribution in [0.3, 0.4) is 0 Å². The summed E-state index contributed by atoms with van der Waals surface area (Å²) < 4.78 is 1.91. The van der Waals surface area contributed by atoms with Gasteiger partial charge in [0.25, 0.3) is 0 Å². The third kappa shape index (κ3) is 4.72. The Morgan fingerprint density at radius 3 is 2.46 bits per heavy atom. The maximum atomic E-state index is 6.18. The number of hydrogen-bond donors (Lipinski definition) is 1. The maximum absolute atomic E-state index is 6.18. The molecule has 1 aliphatic heterocycles. The monoisotopic (exact) mass is 439 g/mol. The summed E-state index contributed by atoms with van der Waals surface area (Å²) in [5, 5.41) is 4.58. The van der Waals surface area contributed by atoms with Crippen molar-refractivity contribution in [2.45, 2.75) is 39.2 Å². The summed E-state index contributed by atoms with van der Waals surface area (Å²) in [4.78, 5) is 6.81. The van der Waals surface area contributed by atoms with Crippen LogP contribution < -0.4 is 5.73 Å². The Hall–Kier alpha value is -1.57. The summed E-state index contributed by atoms with van der Waals surface area (Å²) in [5.41, 5.74) is 9.36. The van der Waals surface area contributed by atoms with Crippen LogP contribution in [0.25, 0.3) is 5.69 Å². The van der Waals surface area contributed by atoms with Crippen molar-refractivity contribution in [1.29, 1.82) is 0 Å². The molecular formula is C18H26IN5. The average molecular weight is 439 g/mol. The number of nitrogens with zero attached hydrogens (tertiary/aromatic N) is 4. The van der Waals surface area contributed by atoms with Crippen molar-refractivity contribution in [3.05, 3.63) is 47.8 Å². The van der Waals surface area contributed by atoms with Gasteiger partial charge in [-0.1, -0.05) is 31.0 Å². The molecule has 0 atom stereocenters. The standard InChI is InChI=1S/C18H25N5.HI/c1-15-16(14-23(21-15)17-9-5-4-6-10-17)13-20-18(19)22-11-7-2-3-8-12-22;/h4-6,9-10,14H,2-3,7-8,11-13H2,1H3,(H2,19,20);1H. The zero-order chi connectivity index (χ0) is 16.1. The van der Waals surface area contributed by atoms with Crippen molar-refractivity contribution in [3.8, 4) is 5.69 Å². The smallest absolute Gasteiger partial charge is 0.191 e. The van der Waals surface area contributed by atoms with Gasteiger partial charge in [0.15, 0.2) is 5.96 Å². The predicted octanol–water partition coefficient (Wildman–Crippen LogP) is 3.49. The molecule has 6 heteroatoms. The molecule has 1 aliphatic rings. The fourth-order valence-corrected chi connectivity index (χ4v) is 2.93. The maximum Gasteiger partial charge on any atom is 0.191 e. The van der Waals surface area contributed by atoms with Crippen molar-refractivity contribution in [3.63, 3.8) is 0 Å². The van der Waals surface area contributed by atoms with E-state index in [-0.39, 0.29) is 24.0 Å². The number of benzene rings is 1. The first-order valence-corrected chi connectivity index (χ1v) is 8.39. The van der Waals surface area contributed by atoms with Crippen LogP contribution in [0.15, 0.2) is 41.5 Å². The molecule has 5 nitrogen and oxygen atoms in total. The van der Waals surface area contributed by atoms with Crippen LogP contribution >= 0.6 is 24.0 Å². The van der Waals surface area contributed by atoms with Gasteiger partial charge in [-0.15, -0.1) is 24.0 Å². The summed E-state index contributed by atoms with van der Waals surface area (Å²) in [6, 6.07) is 10.1. The van der Waals surface area contributed by atoms with Gasteiger partial charge in [-0.2, -0.15) is 5.10 Å². The quantitative estimate of drug-likeness (QED) is 0.453. The van der Waals surface area contributed by atoms with Gasteiger partial charge < -0.3 is 10.6 Å². The van der Waals surface area contributed by atoms with Gasteiger partial charge >= 0.3 is 0 Å². The van der Waals surface area contributed by atoms with Crippen LogP contribution in [-0.4, -0.2) is 33.7 Å². The molecule has 1 fully saturated rings. The van der Waals surface area contributed by atoms with Crippen LogP contribution in [0.5, 0.6) is 0 Å². The SMILES string of the molecule is Cc1nn(-c2ccccc2)cc1CN=C(N)N1CCCCCC1.I. The fourth-order valence-electron chi connectivity index (χ4n) is 2.93. The van der Waals surface area contributed by atoms with Crippen LogP contribution in [0.1, 0.15) is 36.9 Å². The minimum Gasteiger partial charge on any atom is -0.370 e. The highest BCUT2D eigenvalue weighted by Crippen LogP contribution is 2.13. The molecule has 0 aliphatic carbocycles. The largest absolute Gasteiger partial charge is 0.370 e. The predicted molar refractivity (Wildman–Crippen MR) is 109 cm³/mol. The second kappa shape index (κ2) is 9.05. The van der Waals surface area contributed by atoms with E-state index < -0.39 is 0 Å². The molecule has 24 heavy (non-hydrogen) atoms. The van der Waals surface area contributed by atoms with Crippen molar-refractivity contribution in [2.75, 3.05) is 13.1 Å².